The van der Waals surface area contributed by atoms with Gasteiger partial charge >= 0.3 is 0 Å². The molecule has 0 aromatic heterocycles. The van der Waals surface area contributed by atoms with Crippen molar-refractivity contribution < 1.29 is 0 Å². The van der Waals surface area contributed by atoms with Gasteiger partial charge in [0.2, 0.25) is 0 Å². The Labute approximate surface area is 753 Å². The minimum Gasteiger partial charge on any atom is -0.310 e. The maximum Gasteiger partial charge on any atom is 0.252 e. The lowest BCUT2D eigenvalue weighted by Gasteiger charge is -2.46. The Hall–Kier alpha value is -13.6. The molecule has 0 saturated carbocycles. The standard InChI is InChI=1S/C124H109BN2/c1-118(2,3)86-66-56-80(57-67-86)97-48-32-49-98(81-58-68-87(69-59-81)119(4,5)6)116(97)126-109-74-64-84(95-46-34-54-105-113(95)101-44-28-30-52-103(101)123(105,90-36-20-16-21-37-90)91-38-22-17-23-39-91)76-107(109)125-108-77-85(96-47-35-55-106-114(96)102-45-29-31-53-104(102)124(106,92-40-24-18-25-41-92)93-42-26-19-27-43-93)65-75-110(108)127(112-79-94(122(13,14)15)78-111(126)115(112)125)117-99(82-60-70-88(71-61-82)120(7,8)9)50-33-51-100(117)83-62-72-89(73-63-83)121(10,11)12/h16-79H,1-15H3. The average molecular weight is 1640 g/mol. The first-order valence-electron chi connectivity index (χ1n) is 45.6. The summed E-state index contributed by atoms with van der Waals surface area (Å²) in [6.07, 6.45) is 0. The van der Waals surface area contributed by atoms with Crippen LogP contribution in [0.4, 0.5) is 34.1 Å². The molecule has 2 nitrogen and oxygen atoms in total. The van der Waals surface area contributed by atoms with E-state index < -0.39 is 10.8 Å². The number of hydrogen-bond donors (Lipinski definition) is 0. The van der Waals surface area contributed by atoms with Gasteiger partial charge in [0.05, 0.1) is 22.2 Å². The maximum atomic E-state index is 2.76. The summed E-state index contributed by atoms with van der Waals surface area (Å²) in [7, 11) is 0. The van der Waals surface area contributed by atoms with E-state index in [1.165, 1.54) is 122 Å². The van der Waals surface area contributed by atoms with E-state index in [0.29, 0.717) is 0 Å². The van der Waals surface area contributed by atoms with Gasteiger partial charge in [0.15, 0.2) is 0 Å². The van der Waals surface area contributed by atoms with E-state index in [4.69, 9.17) is 0 Å². The van der Waals surface area contributed by atoms with Crippen molar-refractivity contribution in [3.63, 3.8) is 0 Å². The number of benzene rings is 17. The monoisotopic (exact) mass is 1640 g/mol. The quantitative estimate of drug-likeness (QED) is 0.113. The highest BCUT2D eigenvalue weighted by atomic mass is 15.2. The van der Waals surface area contributed by atoms with Gasteiger partial charge in [0.25, 0.3) is 6.71 Å². The molecular weight excluding hydrogens is 1530 g/mol. The summed E-state index contributed by atoms with van der Waals surface area (Å²) >= 11 is 0. The van der Waals surface area contributed by atoms with Crippen molar-refractivity contribution in [1.29, 1.82) is 0 Å². The number of fused-ring (bicyclic) bond motifs is 10. The van der Waals surface area contributed by atoms with Crippen LogP contribution >= 0.6 is 0 Å². The normalized spacial score (nSPS) is 14.0. The van der Waals surface area contributed by atoms with Crippen LogP contribution in [0.15, 0.2) is 388 Å². The number of anilines is 6. The summed E-state index contributed by atoms with van der Waals surface area (Å²) in [5.74, 6) is 0. The lowest BCUT2D eigenvalue weighted by molar-refractivity contribution is 0.590. The van der Waals surface area contributed by atoms with Gasteiger partial charge in [-0.05, 0) is 207 Å². The predicted octanol–water partition coefficient (Wildman–Crippen LogP) is 31.0. The van der Waals surface area contributed by atoms with Crippen LogP contribution in [0.5, 0.6) is 0 Å². The van der Waals surface area contributed by atoms with Crippen LogP contribution in [-0.2, 0) is 37.9 Å². The van der Waals surface area contributed by atoms with E-state index in [1.54, 1.807) is 0 Å². The highest BCUT2D eigenvalue weighted by Crippen LogP contribution is 2.62. The zero-order chi connectivity index (χ0) is 87.4. The van der Waals surface area contributed by atoms with Gasteiger partial charge in [0.1, 0.15) is 0 Å². The molecule has 0 unspecified atom stereocenters. The molecule has 0 spiro atoms. The first kappa shape index (κ1) is 80.5. The minimum absolute atomic E-state index is 0.0687. The van der Waals surface area contributed by atoms with Crippen LogP contribution < -0.4 is 26.2 Å². The van der Waals surface area contributed by atoms with Gasteiger partial charge in [0, 0.05) is 45.0 Å². The lowest BCUT2D eigenvalue weighted by Crippen LogP contribution is -2.61. The first-order valence-corrected chi connectivity index (χ1v) is 45.6. The average Bonchev–Trinajstić information content (AvgIpc) is 1.66. The number of para-hydroxylation sites is 2. The topological polar surface area (TPSA) is 6.48 Å². The Bertz CT molecular complexity index is 6490. The lowest BCUT2D eigenvalue weighted by atomic mass is 9.33. The Balaban J connectivity index is 0.923. The van der Waals surface area contributed by atoms with E-state index in [-0.39, 0.29) is 33.8 Å². The Kier molecular flexibility index (Phi) is 19.1. The van der Waals surface area contributed by atoms with E-state index in [9.17, 15) is 0 Å². The van der Waals surface area contributed by atoms with Gasteiger partial charge in [-0.15, -0.1) is 0 Å². The Morgan fingerprint density at radius 1 is 0.197 bits per heavy atom. The molecule has 17 aromatic carbocycles. The summed E-state index contributed by atoms with van der Waals surface area (Å²) in [6.45, 7) is 34.8. The third kappa shape index (κ3) is 13.0. The second-order valence-electron chi connectivity index (χ2n) is 41.1. The van der Waals surface area contributed by atoms with Crippen LogP contribution in [0.3, 0.4) is 0 Å². The molecule has 0 bridgehead atoms. The van der Waals surface area contributed by atoms with E-state index >= 15 is 0 Å². The fourth-order valence-electron chi connectivity index (χ4n) is 21.8. The van der Waals surface area contributed by atoms with E-state index in [1.807, 2.05) is 0 Å². The van der Waals surface area contributed by atoms with E-state index in [2.05, 4.69) is 502 Å². The molecule has 3 heteroatoms. The van der Waals surface area contributed by atoms with Crippen molar-refractivity contribution in [2.24, 2.45) is 0 Å². The summed E-state index contributed by atoms with van der Waals surface area (Å²) in [5, 5.41) is 0. The largest absolute Gasteiger partial charge is 0.310 e. The predicted molar refractivity (Wildman–Crippen MR) is 541 cm³/mol. The zero-order valence-electron chi connectivity index (χ0n) is 75.9. The molecule has 0 fully saturated rings. The highest BCUT2D eigenvalue weighted by molar-refractivity contribution is 7.00. The Morgan fingerprint density at radius 3 is 0.732 bits per heavy atom. The number of hydrogen-bond acceptors (Lipinski definition) is 2. The molecule has 17 aromatic rings. The summed E-state index contributed by atoms with van der Waals surface area (Å²) in [6, 6.07) is 151. The highest BCUT2D eigenvalue weighted by Gasteiger charge is 2.51. The molecule has 0 radical (unpaired) electrons. The number of rotatable bonds is 12. The van der Waals surface area contributed by atoms with Crippen molar-refractivity contribution in [1.82, 2.24) is 0 Å². The molecule has 21 rings (SSSR count). The molecule has 0 saturated heterocycles. The molecule has 4 aliphatic rings. The maximum absolute atomic E-state index is 2.76. The van der Waals surface area contributed by atoms with Gasteiger partial charge in [-0.1, -0.05) is 468 Å². The van der Waals surface area contributed by atoms with Crippen LogP contribution in [0.2, 0.25) is 0 Å². The van der Waals surface area contributed by atoms with Crippen molar-refractivity contribution >= 4 is 57.2 Å². The van der Waals surface area contributed by atoms with Gasteiger partial charge in [-0.3, -0.25) is 0 Å². The third-order valence-corrected chi connectivity index (χ3v) is 28.3. The van der Waals surface area contributed by atoms with Crippen LogP contribution in [0.1, 0.15) is 176 Å². The molecule has 0 N–H and O–H groups in total. The molecule has 0 amide bonds. The zero-order valence-corrected chi connectivity index (χ0v) is 75.9. The van der Waals surface area contributed by atoms with Gasteiger partial charge in [-0.25, -0.2) is 0 Å². The van der Waals surface area contributed by atoms with Crippen molar-refractivity contribution in [3.8, 4) is 89.0 Å². The van der Waals surface area contributed by atoms with E-state index in [0.717, 1.165) is 89.8 Å². The fraction of sp³-hybridized carbons (Fsp3) is 0.177. The minimum atomic E-state index is -0.620. The van der Waals surface area contributed by atoms with Crippen molar-refractivity contribution in [3.05, 3.63) is 461 Å². The van der Waals surface area contributed by atoms with Crippen LogP contribution in [-0.4, -0.2) is 6.71 Å². The van der Waals surface area contributed by atoms with Gasteiger partial charge in [-0.2, -0.15) is 0 Å². The smallest absolute Gasteiger partial charge is 0.252 e. The molecule has 2 aliphatic carbocycles. The molecule has 2 heterocycles. The molecule has 127 heavy (non-hydrogen) atoms. The van der Waals surface area contributed by atoms with Crippen LogP contribution in [0.25, 0.3) is 89.0 Å². The van der Waals surface area contributed by atoms with Crippen LogP contribution in [0, 0.1) is 0 Å². The molecule has 2 aliphatic heterocycles. The number of nitrogens with zero attached hydrogens (tertiary/aromatic N) is 2. The second kappa shape index (κ2) is 30.1. The summed E-state index contributed by atoms with van der Waals surface area (Å²) in [5.41, 5.74) is 44.1. The first-order chi connectivity index (χ1) is 61.2. The summed E-state index contributed by atoms with van der Waals surface area (Å²) in [4.78, 5) is 5.52. The molecular formula is C124H109BN2. The van der Waals surface area contributed by atoms with Crippen molar-refractivity contribution in [2.45, 2.75) is 142 Å². The molecule has 618 valence electrons. The second-order valence-corrected chi connectivity index (χ2v) is 41.1. The SMILES string of the molecule is CC(C)(C)c1ccc(-c2cccc(-c3ccc(C(C)(C)C)cc3)c2N2c3ccc(-c4cccc5c4-c4ccccc4C5(c4ccccc4)c4ccccc4)cc3B3c4cc(-c5cccc6c5-c5ccccc5C6(c5ccccc5)c5ccccc5)ccc4N(c4c(-c5ccc(C(C)(C)C)cc5)cccc4-c4ccc(C(C)(C)C)cc4)c4cc(C(C)(C)C)cc2c43)cc1. The molecule has 0 atom stereocenters. The van der Waals surface area contributed by atoms with Gasteiger partial charge < -0.3 is 9.80 Å². The van der Waals surface area contributed by atoms with Crippen molar-refractivity contribution in [2.75, 3.05) is 9.80 Å². The summed E-state index contributed by atoms with van der Waals surface area (Å²) < 4.78 is 0. The fourth-order valence-corrected chi connectivity index (χ4v) is 21.8. The third-order valence-electron chi connectivity index (χ3n) is 28.3. The Morgan fingerprint density at radius 2 is 0.441 bits per heavy atom.